The van der Waals surface area contributed by atoms with Gasteiger partial charge in [-0.1, -0.05) is 0 Å². The normalized spacial score (nSPS) is 13.3. The highest BCUT2D eigenvalue weighted by Gasteiger charge is 1.99. The molecule has 0 aromatic heterocycles. The first kappa shape index (κ1) is 8.48. The van der Waals surface area contributed by atoms with Gasteiger partial charge in [0.05, 0.1) is 5.71 Å². The van der Waals surface area contributed by atoms with Crippen molar-refractivity contribution >= 4 is 11.7 Å². The van der Waals surface area contributed by atoms with Gasteiger partial charge in [0, 0.05) is 0 Å². The molecule has 5 nitrogen and oxygen atoms in total. The number of carboxylic acid groups (broad SMARTS) is 1. The second-order valence-corrected chi connectivity index (χ2v) is 1.68. The summed E-state index contributed by atoms with van der Waals surface area (Å²) in [6.07, 6.45) is 1.18. The van der Waals surface area contributed by atoms with Crippen LogP contribution in [0.4, 0.5) is 0 Å². The van der Waals surface area contributed by atoms with Gasteiger partial charge in [-0.3, -0.25) is 0 Å². The van der Waals surface area contributed by atoms with Crippen molar-refractivity contribution in [1.82, 2.24) is 0 Å². The Hall–Kier alpha value is -1.52. The van der Waals surface area contributed by atoms with E-state index in [1.807, 2.05) is 0 Å². The molecule has 0 aliphatic rings. The van der Waals surface area contributed by atoms with E-state index in [9.17, 15) is 4.79 Å². The first-order valence-corrected chi connectivity index (χ1v) is 2.53. The van der Waals surface area contributed by atoms with E-state index in [0.717, 1.165) is 0 Å². The zero-order valence-electron chi connectivity index (χ0n) is 5.53. The average molecular weight is 143 g/mol. The number of hydrogen-bond acceptors (Lipinski definition) is 4. The second kappa shape index (κ2) is 3.49. The maximum atomic E-state index is 10.1. The van der Waals surface area contributed by atoms with Gasteiger partial charge in [-0.2, -0.15) is 5.10 Å². The van der Waals surface area contributed by atoms with E-state index < -0.39 is 5.97 Å². The summed E-state index contributed by atoms with van der Waals surface area (Å²) in [4.78, 5) is 10.1. The third kappa shape index (κ3) is 2.71. The van der Waals surface area contributed by atoms with Gasteiger partial charge in [0.25, 0.3) is 0 Å². The Labute approximate surface area is 58.0 Å². The SMILES string of the molecule is CC(C=C(N)C(=O)O)=NN. The molecule has 0 aliphatic heterocycles. The summed E-state index contributed by atoms with van der Waals surface area (Å²) in [5, 5.41) is 11.4. The molecule has 0 saturated heterocycles. The monoisotopic (exact) mass is 143 g/mol. The van der Waals surface area contributed by atoms with E-state index in [0.29, 0.717) is 5.71 Å². The Morgan fingerprint density at radius 1 is 1.70 bits per heavy atom. The van der Waals surface area contributed by atoms with Crippen LogP contribution in [-0.4, -0.2) is 16.8 Å². The molecule has 0 radical (unpaired) electrons. The predicted octanol–water partition coefficient (Wildman–Crippen LogP) is -0.752. The first-order chi connectivity index (χ1) is 4.57. The molecule has 0 rings (SSSR count). The summed E-state index contributed by atoms with van der Waals surface area (Å²) in [5.41, 5.74) is 5.12. The highest BCUT2D eigenvalue weighted by atomic mass is 16.4. The van der Waals surface area contributed by atoms with E-state index in [4.69, 9.17) is 16.7 Å². The van der Waals surface area contributed by atoms with Crippen LogP contribution in [0.2, 0.25) is 0 Å². The quantitative estimate of drug-likeness (QED) is 0.205. The molecule has 0 spiro atoms. The first-order valence-electron chi connectivity index (χ1n) is 2.53. The molecule has 5 N–H and O–H groups in total. The number of carbonyl (C=O) groups is 1. The third-order valence-electron chi connectivity index (χ3n) is 0.815. The van der Waals surface area contributed by atoms with Crippen molar-refractivity contribution < 1.29 is 9.90 Å². The summed E-state index contributed by atoms with van der Waals surface area (Å²) in [6, 6.07) is 0. The Morgan fingerprint density at radius 3 is 2.50 bits per heavy atom. The molecule has 0 aromatic rings. The minimum absolute atomic E-state index is 0.272. The van der Waals surface area contributed by atoms with Crippen molar-refractivity contribution in [2.75, 3.05) is 0 Å². The molecule has 0 atom stereocenters. The Bertz CT molecular complexity index is 195. The number of hydrazone groups is 1. The molecule has 5 heteroatoms. The fraction of sp³-hybridized carbons (Fsp3) is 0.200. The van der Waals surface area contributed by atoms with Crippen molar-refractivity contribution in [3.05, 3.63) is 11.8 Å². The van der Waals surface area contributed by atoms with Crippen LogP contribution in [0, 0.1) is 0 Å². The maximum Gasteiger partial charge on any atom is 0.351 e. The largest absolute Gasteiger partial charge is 0.477 e. The highest BCUT2D eigenvalue weighted by molar-refractivity contribution is 5.99. The van der Waals surface area contributed by atoms with Crippen LogP contribution in [0.25, 0.3) is 0 Å². The van der Waals surface area contributed by atoms with Crippen LogP contribution in [0.5, 0.6) is 0 Å². The zero-order chi connectivity index (χ0) is 8.15. The lowest BCUT2D eigenvalue weighted by Crippen LogP contribution is -2.11. The predicted molar refractivity (Wildman–Crippen MR) is 37.2 cm³/mol. The van der Waals surface area contributed by atoms with Gasteiger partial charge in [0.15, 0.2) is 0 Å². The van der Waals surface area contributed by atoms with Gasteiger partial charge in [0.1, 0.15) is 5.70 Å². The molecule has 0 bridgehead atoms. The molecule has 0 amide bonds. The topological polar surface area (TPSA) is 102 Å². The van der Waals surface area contributed by atoms with Crippen LogP contribution >= 0.6 is 0 Å². The van der Waals surface area contributed by atoms with Gasteiger partial charge in [-0.15, -0.1) is 0 Å². The smallest absolute Gasteiger partial charge is 0.351 e. The average Bonchev–Trinajstić information content (AvgIpc) is 1.87. The molecule has 0 heterocycles. The van der Waals surface area contributed by atoms with E-state index in [1.165, 1.54) is 6.08 Å². The van der Waals surface area contributed by atoms with Gasteiger partial charge in [-0.25, -0.2) is 4.79 Å². The number of nitrogens with two attached hydrogens (primary N) is 2. The van der Waals surface area contributed by atoms with Crippen LogP contribution in [0.1, 0.15) is 6.92 Å². The molecule has 0 aromatic carbocycles. The Kier molecular flexibility index (Phi) is 2.96. The molecule has 0 fully saturated rings. The summed E-state index contributed by atoms with van der Waals surface area (Å²) in [7, 11) is 0. The van der Waals surface area contributed by atoms with Crippen molar-refractivity contribution in [3.63, 3.8) is 0 Å². The summed E-state index contributed by atoms with van der Waals surface area (Å²) >= 11 is 0. The number of rotatable bonds is 2. The number of aliphatic carboxylic acids is 1. The minimum atomic E-state index is -1.18. The maximum absolute atomic E-state index is 10.1. The van der Waals surface area contributed by atoms with Crippen LogP contribution in [0.3, 0.4) is 0 Å². The fourth-order valence-electron chi connectivity index (χ4n) is 0.324. The van der Waals surface area contributed by atoms with E-state index in [1.54, 1.807) is 6.92 Å². The lowest BCUT2D eigenvalue weighted by molar-refractivity contribution is -0.132. The number of carboxylic acids is 1. The lowest BCUT2D eigenvalue weighted by atomic mass is 10.3. The van der Waals surface area contributed by atoms with E-state index in [-0.39, 0.29) is 5.70 Å². The molecule has 0 saturated carbocycles. The zero-order valence-corrected chi connectivity index (χ0v) is 5.53. The number of nitrogens with zero attached hydrogens (tertiary/aromatic N) is 1. The molecule has 0 unspecified atom stereocenters. The van der Waals surface area contributed by atoms with Gasteiger partial charge >= 0.3 is 5.97 Å². The standard InChI is InChI=1S/C5H9N3O2/c1-3(8-7)2-4(6)5(9)10/h2H,6-7H2,1H3,(H,9,10). The molecule has 0 aliphatic carbocycles. The van der Waals surface area contributed by atoms with Crippen molar-refractivity contribution in [2.45, 2.75) is 6.92 Å². The molecule has 10 heavy (non-hydrogen) atoms. The van der Waals surface area contributed by atoms with Crippen LogP contribution in [0.15, 0.2) is 16.9 Å². The third-order valence-corrected chi connectivity index (χ3v) is 0.815. The van der Waals surface area contributed by atoms with Gasteiger partial charge < -0.3 is 16.7 Å². The Balaban J connectivity index is 4.31. The van der Waals surface area contributed by atoms with Crippen molar-refractivity contribution in [3.8, 4) is 0 Å². The molecular formula is C5H9N3O2. The van der Waals surface area contributed by atoms with Crippen molar-refractivity contribution in [1.29, 1.82) is 0 Å². The number of allylic oxidation sites excluding steroid dienone is 1. The van der Waals surface area contributed by atoms with Gasteiger partial charge in [-0.05, 0) is 13.0 Å². The summed E-state index contributed by atoms with van der Waals surface area (Å²) < 4.78 is 0. The lowest BCUT2D eigenvalue weighted by Gasteiger charge is -1.91. The summed E-state index contributed by atoms with van der Waals surface area (Å²) in [6.45, 7) is 1.55. The highest BCUT2D eigenvalue weighted by Crippen LogP contribution is 1.84. The number of hydrogen-bond donors (Lipinski definition) is 3. The summed E-state index contributed by atoms with van der Waals surface area (Å²) in [5.74, 6) is 3.64. The van der Waals surface area contributed by atoms with E-state index in [2.05, 4.69) is 5.10 Å². The second-order valence-electron chi connectivity index (χ2n) is 1.68. The van der Waals surface area contributed by atoms with Crippen LogP contribution in [-0.2, 0) is 4.79 Å². The molecular weight excluding hydrogens is 134 g/mol. The van der Waals surface area contributed by atoms with Crippen molar-refractivity contribution in [2.24, 2.45) is 16.7 Å². The van der Waals surface area contributed by atoms with Gasteiger partial charge in [0.2, 0.25) is 0 Å². The Morgan fingerprint density at radius 2 is 2.20 bits per heavy atom. The van der Waals surface area contributed by atoms with E-state index >= 15 is 0 Å². The molecule has 56 valence electrons. The minimum Gasteiger partial charge on any atom is -0.477 e. The van der Waals surface area contributed by atoms with Crippen LogP contribution < -0.4 is 11.6 Å². The fourth-order valence-corrected chi connectivity index (χ4v) is 0.324.